The fourth-order valence-corrected chi connectivity index (χ4v) is 2.39. The van der Waals surface area contributed by atoms with Crippen LogP contribution in [0.2, 0.25) is 0 Å². The number of nitrogens with one attached hydrogen (secondary N) is 2. The van der Waals surface area contributed by atoms with Crippen LogP contribution >= 0.6 is 0 Å². The van der Waals surface area contributed by atoms with Gasteiger partial charge in [-0.1, -0.05) is 6.92 Å². The predicted octanol–water partition coefficient (Wildman–Crippen LogP) is 1.19. The van der Waals surface area contributed by atoms with E-state index in [2.05, 4.69) is 27.5 Å². The molecule has 0 unspecified atom stereocenters. The zero-order valence-corrected chi connectivity index (χ0v) is 12.7. The Hall–Kier alpha value is -1.85. The van der Waals surface area contributed by atoms with E-state index in [1.807, 2.05) is 31.9 Å². The van der Waals surface area contributed by atoms with Crippen LogP contribution in [0.15, 0.2) is 6.07 Å². The SMILES string of the molecule is CCCc1nc(NC)cc(N2CCNC(=O)C2(C)C)n1. The molecule has 0 saturated carbocycles. The molecule has 0 spiro atoms. The summed E-state index contributed by atoms with van der Waals surface area (Å²) in [6.45, 7) is 7.34. The normalized spacial score (nSPS) is 17.8. The Morgan fingerprint density at radius 3 is 2.85 bits per heavy atom. The number of anilines is 2. The van der Waals surface area contributed by atoms with Crippen LogP contribution in [0.5, 0.6) is 0 Å². The van der Waals surface area contributed by atoms with E-state index in [1.54, 1.807) is 0 Å². The number of hydrogen-bond acceptors (Lipinski definition) is 5. The lowest BCUT2D eigenvalue weighted by atomic mass is 9.99. The summed E-state index contributed by atoms with van der Waals surface area (Å²) < 4.78 is 0. The largest absolute Gasteiger partial charge is 0.373 e. The monoisotopic (exact) mass is 277 g/mol. The van der Waals surface area contributed by atoms with Crippen molar-refractivity contribution in [2.45, 2.75) is 39.2 Å². The van der Waals surface area contributed by atoms with Crippen LogP contribution in [0, 0.1) is 0 Å². The fourth-order valence-electron chi connectivity index (χ4n) is 2.39. The summed E-state index contributed by atoms with van der Waals surface area (Å²) in [7, 11) is 1.84. The van der Waals surface area contributed by atoms with Crippen LogP contribution in [0.25, 0.3) is 0 Å². The fraction of sp³-hybridized carbons (Fsp3) is 0.643. The van der Waals surface area contributed by atoms with Crippen molar-refractivity contribution in [1.82, 2.24) is 15.3 Å². The highest BCUT2D eigenvalue weighted by Crippen LogP contribution is 2.26. The highest BCUT2D eigenvalue weighted by atomic mass is 16.2. The third-order valence-corrected chi connectivity index (χ3v) is 3.62. The average molecular weight is 277 g/mol. The maximum absolute atomic E-state index is 12.1. The van der Waals surface area contributed by atoms with Crippen molar-refractivity contribution < 1.29 is 4.79 Å². The van der Waals surface area contributed by atoms with Crippen LogP contribution in [-0.2, 0) is 11.2 Å². The van der Waals surface area contributed by atoms with Gasteiger partial charge < -0.3 is 15.5 Å². The molecule has 6 nitrogen and oxygen atoms in total. The molecule has 110 valence electrons. The number of nitrogens with zero attached hydrogens (tertiary/aromatic N) is 3. The highest BCUT2D eigenvalue weighted by Gasteiger charge is 2.38. The third-order valence-electron chi connectivity index (χ3n) is 3.62. The minimum Gasteiger partial charge on any atom is -0.373 e. The number of rotatable bonds is 4. The number of carbonyl (C=O) groups is 1. The van der Waals surface area contributed by atoms with Crippen LogP contribution in [0.1, 0.15) is 33.0 Å². The van der Waals surface area contributed by atoms with Gasteiger partial charge in [0.25, 0.3) is 0 Å². The van der Waals surface area contributed by atoms with E-state index >= 15 is 0 Å². The molecule has 1 saturated heterocycles. The summed E-state index contributed by atoms with van der Waals surface area (Å²) in [4.78, 5) is 23.2. The summed E-state index contributed by atoms with van der Waals surface area (Å²) in [5.41, 5.74) is -0.596. The van der Waals surface area contributed by atoms with Gasteiger partial charge in [-0.05, 0) is 20.3 Å². The minimum atomic E-state index is -0.596. The van der Waals surface area contributed by atoms with Gasteiger partial charge in [0.15, 0.2) is 0 Å². The van der Waals surface area contributed by atoms with Gasteiger partial charge in [0.2, 0.25) is 5.91 Å². The molecule has 0 atom stereocenters. The van der Waals surface area contributed by atoms with E-state index in [1.165, 1.54) is 0 Å². The van der Waals surface area contributed by atoms with Gasteiger partial charge in [-0.2, -0.15) is 0 Å². The molecule has 0 aromatic carbocycles. The van der Waals surface area contributed by atoms with Gasteiger partial charge in [-0.3, -0.25) is 4.79 Å². The molecule has 1 aliphatic heterocycles. The molecule has 1 fully saturated rings. The van der Waals surface area contributed by atoms with Gasteiger partial charge in [0.1, 0.15) is 23.0 Å². The molecule has 0 radical (unpaired) electrons. The molecule has 1 aliphatic rings. The Bertz CT molecular complexity index is 500. The van der Waals surface area contributed by atoms with Crippen LogP contribution < -0.4 is 15.5 Å². The molecule has 1 amide bonds. The smallest absolute Gasteiger partial charge is 0.245 e. The number of carbonyl (C=O) groups excluding carboxylic acids is 1. The predicted molar refractivity (Wildman–Crippen MR) is 80.0 cm³/mol. The maximum Gasteiger partial charge on any atom is 0.245 e. The van der Waals surface area contributed by atoms with Gasteiger partial charge in [-0.15, -0.1) is 0 Å². The van der Waals surface area contributed by atoms with E-state index < -0.39 is 5.54 Å². The Balaban J connectivity index is 2.40. The second-order valence-electron chi connectivity index (χ2n) is 5.49. The molecular formula is C14H23N5O. The Morgan fingerprint density at radius 2 is 2.20 bits per heavy atom. The lowest BCUT2D eigenvalue weighted by Crippen LogP contribution is -2.62. The van der Waals surface area contributed by atoms with Gasteiger partial charge in [-0.25, -0.2) is 9.97 Å². The van der Waals surface area contributed by atoms with Gasteiger partial charge in [0.05, 0.1) is 0 Å². The molecule has 1 aromatic rings. The molecule has 20 heavy (non-hydrogen) atoms. The molecular weight excluding hydrogens is 254 g/mol. The zero-order chi connectivity index (χ0) is 14.8. The van der Waals surface area contributed by atoms with Crippen molar-refractivity contribution in [3.8, 4) is 0 Å². The molecule has 0 aliphatic carbocycles. The van der Waals surface area contributed by atoms with E-state index in [9.17, 15) is 4.79 Å². The van der Waals surface area contributed by atoms with E-state index in [0.717, 1.165) is 36.8 Å². The molecule has 6 heteroatoms. The van der Waals surface area contributed by atoms with Gasteiger partial charge >= 0.3 is 0 Å². The van der Waals surface area contributed by atoms with E-state index in [-0.39, 0.29) is 5.91 Å². The summed E-state index contributed by atoms with van der Waals surface area (Å²) in [5, 5.41) is 5.97. The Labute approximate surface area is 120 Å². The zero-order valence-electron chi connectivity index (χ0n) is 12.7. The van der Waals surface area contributed by atoms with Crippen LogP contribution in [0.3, 0.4) is 0 Å². The third kappa shape index (κ3) is 2.69. The first-order chi connectivity index (χ1) is 9.48. The van der Waals surface area contributed by atoms with Gasteiger partial charge in [0, 0.05) is 32.6 Å². The topological polar surface area (TPSA) is 70.2 Å². The summed E-state index contributed by atoms with van der Waals surface area (Å²) >= 11 is 0. The highest BCUT2D eigenvalue weighted by molar-refractivity contribution is 5.90. The second kappa shape index (κ2) is 5.64. The van der Waals surface area contributed by atoms with Crippen molar-refractivity contribution in [2.24, 2.45) is 0 Å². The number of aromatic nitrogens is 2. The first-order valence-electron chi connectivity index (χ1n) is 7.10. The summed E-state index contributed by atoms with van der Waals surface area (Å²) in [6.07, 6.45) is 1.83. The lowest BCUT2D eigenvalue weighted by molar-refractivity contribution is -0.126. The van der Waals surface area contributed by atoms with Crippen molar-refractivity contribution >= 4 is 17.5 Å². The summed E-state index contributed by atoms with van der Waals surface area (Å²) in [5.74, 6) is 2.45. The second-order valence-corrected chi connectivity index (χ2v) is 5.49. The number of hydrogen-bond donors (Lipinski definition) is 2. The first kappa shape index (κ1) is 14.6. The summed E-state index contributed by atoms with van der Waals surface area (Å²) in [6, 6.07) is 1.90. The number of amides is 1. The number of piperazine rings is 1. The van der Waals surface area contributed by atoms with Crippen molar-refractivity contribution in [3.63, 3.8) is 0 Å². The maximum atomic E-state index is 12.1. The van der Waals surface area contributed by atoms with E-state index in [4.69, 9.17) is 0 Å². The Kier molecular flexibility index (Phi) is 4.11. The molecule has 0 bridgehead atoms. The van der Waals surface area contributed by atoms with E-state index in [0.29, 0.717) is 6.54 Å². The first-order valence-corrected chi connectivity index (χ1v) is 7.10. The van der Waals surface area contributed by atoms with Crippen LogP contribution in [-0.4, -0.2) is 41.6 Å². The van der Waals surface area contributed by atoms with Crippen LogP contribution in [0.4, 0.5) is 11.6 Å². The molecule has 2 heterocycles. The standard InChI is InChI=1S/C14H23N5O/c1-5-6-10-17-11(15-4)9-12(18-10)19-8-7-16-13(20)14(19,2)3/h9H,5-8H2,1-4H3,(H,16,20)(H,15,17,18). The lowest BCUT2D eigenvalue weighted by Gasteiger charge is -2.42. The minimum absolute atomic E-state index is 0.0328. The van der Waals surface area contributed by atoms with Crippen molar-refractivity contribution in [2.75, 3.05) is 30.4 Å². The van der Waals surface area contributed by atoms with Crippen molar-refractivity contribution in [3.05, 3.63) is 11.9 Å². The average Bonchev–Trinajstić information content (AvgIpc) is 2.41. The quantitative estimate of drug-likeness (QED) is 0.865. The van der Waals surface area contributed by atoms with Crippen molar-refractivity contribution in [1.29, 1.82) is 0 Å². The molecule has 2 N–H and O–H groups in total. The number of aryl methyl sites for hydroxylation is 1. The molecule has 2 rings (SSSR count). The molecule has 1 aromatic heterocycles. The Morgan fingerprint density at radius 1 is 1.45 bits per heavy atom.